The van der Waals surface area contributed by atoms with Gasteiger partial charge in [0, 0.05) is 11.4 Å². The molecule has 1 saturated heterocycles. The highest BCUT2D eigenvalue weighted by Crippen LogP contribution is 2.32. The first kappa shape index (κ1) is 11.6. The predicted molar refractivity (Wildman–Crippen MR) is 74.4 cm³/mol. The van der Waals surface area contributed by atoms with Gasteiger partial charge in [-0.25, -0.2) is 0 Å². The maximum absolute atomic E-state index is 11.9. The van der Waals surface area contributed by atoms with Crippen molar-refractivity contribution >= 4 is 51.6 Å². The van der Waals surface area contributed by atoms with Crippen LogP contribution in [-0.2, 0) is 4.79 Å². The molecule has 2 rings (SSSR count). The van der Waals surface area contributed by atoms with Gasteiger partial charge in [0.15, 0.2) is 0 Å². The summed E-state index contributed by atoms with van der Waals surface area (Å²) in [6, 6.07) is 3.94. The number of thiocarbonyl (C=S) groups is 1. The molecule has 1 aromatic heterocycles. The monoisotopic (exact) mass is 267 g/mol. The van der Waals surface area contributed by atoms with Crippen LogP contribution >= 0.6 is 35.3 Å². The van der Waals surface area contributed by atoms with Gasteiger partial charge in [0.1, 0.15) is 4.32 Å². The van der Waals surface area contributed by atoms with Gasteiger partial charge in [-0.3, -0.25) is 9.69 Å². The molecule has 0 saturated carbocycles. The largest absolute Gasteiger partial charge is 0.289 e. The summed E-state index contributed by atoms with van der Waals surface area (Å²) in [6.45, 7) is 4.09. The minimum atomic E-state index is -0.0247. The van der Waals surface area contributed by atoms with E-state index in [1.54, 1.807) is 22.3 Å². The topological polar surface area (TPSA) is 20.3 Å². The number of carbonyl (C=O) groups excluding carboxylic acids is 1. The van der Waals surface area contributed by atoms with Gasteiger partial charge >= 0.3 is 0 Å². The summed E-state index contributed by atoms with van der Waals surface area (Å²) < 4.78 is 0.604. The van der Waals surface area contributed by atoms with Crippen molar-refractivity contribution in [2.24, 2.45) is 0 Å². The number of nitrogens with zero attached hydrogens (tertiary/aromatic N) is 1. The number of rotatable bonds is 3. The summed E-state index contributed by atoms with van der Waals surface area (Å²) in [6.07, 6.45) is 3.56. The van der Waals surface area contributed by atoms with Gasteiger partial charge in [0.2, 0.25) is 0 Å². The Morgan fingerprint density at radius 2 is 2.38 bits per heavy atom. The number of thioether (sulfide) groups is 1. The fraction of sp³-hybridized carbons (Fsp3) is 0.0909. The fourth-order valence-electron chi connectivity index (χ4n) is 1.29. The number of thiophene rings is 1. The van der Waals surface area contributed by atoms with E-state index in [4.69, 9.17) is 12.2 Å². The highest BCUT2D eigenvalue weighted by atomic mass is 32.2. The molecule has 0 unspecified atom stereocenters. The predicted octanol–water partition coefficient (Wildman–Crippen LogP) is 3.14. The van der Waals surface area contributed by atoms with Crippen molar-refractivity contribution in [3.63, 3.8) is 0 Å². The Morgan fingerprint density at radius 3 is 3.00 bits per heavy atom. The van der Waals surface area contributed by atoms with Crippen LogP contribution in [-0.4, -0.2) is 21.7 Å². The molecule has 0 radical (unpaired) electrons. The lowest BCUT2D eigenvalue weighted by Crippen LogP contribution is -2.27. The third-order valence-electron chi connectivity index (χ3n) is 2.00. The van der Waals surface area contributed by atoms with E-state index in [1.807, 2.05) is 23.6 Å². The molecule has 1 fully saturated rings. The summed E-state index contributed by atoms with van der Waals surface area (Å²) in [4.78, 5) is 15.3. The third kappa shape index (κ3) is 2.26. The minimum absolute atomic E-state index is 0.0247. The summed E-state index contributed by atoms with van der Waals surface area (Å²) in [5.41, 5.74) is 0. The molecule has 0 aromatic carbocycles. The molecule has 0 N–H and O–H groups in total. The number of amides is 1. The van der Waals surface area contributed by atoms with E-state index < -0.39 is 0 Å². The Labute approximate surface area is 108 Å². The normalized spacial score (nSPS) is 18.5. The van der Waals surface area contributed by atoms with Gasteiger partial charge < -0.3 is 0 Å². The highest BCUT2D eigenvalue weighted by Gasteiger charge is 2.30. The van der Waals surface area contributed by atoms with E-state index in [2.05, 4.69) is 6.58 Å². The van der Waals surface area contributed by atoms with Crippen LogP contribution < -0.4 is 0 Å². The van der Waals surface area contributed by atoms with Gasteiger partial charge in [0.05, 0.1) is 4.91 Å². The smallest absolute Gasteiger partial charge is 0.266 e. The van der Waals surface area contributed by atoms with Crippen molar-refractivity contribution in [2.75, 3.05) is 6.54 Å². The van der Waals surface area contributed by atoms with Crippen molar-refractivity contribution in [1.82, 2.24) is 4.90 Å². The zero-order chi connectivity index (χ0) is 11.5. The van der Waals surface area contributed by atoms with Crippen LogP contribution in [0, 0.1) is 0 Å². The highest BCUT2D eigenvalue weighted by molar-refractivity contribution is 8.26. The molecule has 82 valence electrons. The third-order valence-corrected chi connectivity index (χ3v) is 4.20. The van der Waals surface area contributed by atoms with Crippen LogP contribution in [0.4, 0.5) is 0 Å². The second-order valence-electron chi connectivity index (χ2n) is 3.10. The maximum Gasteiger partial charge on any atom is 0.266 e. The van der Waals surface area contributed by atoms with Crippen molar-refractivity contribution in [3.05, 3.63) is 40.0 Å². The van der Waals surface area contributed by atoms with Gasteiger partial charge in [-0.15, -0.1) is 17.9 Å². The van der Waals surface area contributed by atoms with Crippen LogP contribution in [0.1, 0.15) is 4.88 Å². The van der Waals surface area contributed by atoms with E-state index in [0.717, 1.165) is 4.88 Å². The van der Waals surface area contributed by atoms with Crippen LogP contribution in [0.3, 0.4) is 0 Å². The molecule has 2 nitrogen and oxygen atoms in total. The molecule has 1 amide bonds. The Balaban J connectivity index is 2.23. The molecular weight excluding hydrogens is 258 g/mol. The van der Waals surface area contributed by atoms with Crippen LogP contribution in [0.25, 0.3) is 6.08 Å². The van der Waals surface area contributed by atoms with Crippen LogP contribution in [0.2, 0.25) is 0 Å². The molecule has 0 atom stereocenters. The lowest BCUT2D eigenvalue weighted by Gasteiger charge is -2.10. The Hall–Kier alpha value is -0.910. The van der Waals surface area contributed by atoms with Gasteiger partial charge in [0.25, 0.3) is 5.91 Å². The molecule has 0 aliphatic carbocycles. The molecule has 5 heteroatoms. The first-order valence-corrected chi connectivity index (χ1v) is 6.72. The van der Waals surface area contributed by atoms with Gasteiger partial charge in [-0.1, -0.05) is 36.1 Å². The number of hydrogen-bond donors (Lipinski definition) is 0. The zero-order valence-electron chi connectivity index (χ0n) is 8.38. The van der Waals surface area contributed by atoms with Crippen molar-refractivity contribution in [2.45, 2.75) is 0 Å². The fourth-order valence-corrected chi connectivity index (χ4v) is 3.29. The molecule has 0 spiro atoms. The molecule has 0 bridgehead atoms. The summed E-state index contributed by atoms with van der Waals surface area (Å²) >= 11 is 8.09. The number of hydrogen-bond acceptors (Lipinski definition) is 4. The second-order valence-corrected chi connectivity index (χ2v) is 5.75. The Bertz CT molecular complexity index is 462. The average molecular weight is 267 g/mol. The van der Waals surface area contributed by atoms with E-state index in [9.17, 15) is 4.79 Å². The standard InChI is InChI=1S/C11H9NOS3/c1-2-5-12-10(13)9(16-11(12)14)7-8-4-3-6-15-8/h2-4,6-7H,1,5H2/b9-7-. The summed E-state index contributed by atoms with van der Waals surface area (Å²) in [7, 11) is 0. The molecular formula is C11H9NOS3. The average Bonchev–Trinajstić information content (AvgIpc) is 2.84. The van der Waals surface area contributed by atoms with Crippen molar-refractivity contribution < 1.29 is 4.79 Å². The van der Waals surface area contributed by atoms with Crippen molar-refractivity contribution in [3.8, 4) is 0 Å². The van der Waals surface area contributed by atoms with Crippen LogP contribution in [0.15, 0.2) is 35.1 Å². The zero-order valence-corrected chi connectivity index (χ0v) is 10.8. The Kier molecular flexibility index (Phi) is 3.58. The molecule has 2 heterocycles. The van der Waals surface area contributed by atoms with E-state index >= 15 is 0 Å². The van der Waals surface area contributed by atoms with E-state index in [1.165, 1.54) is 11.8 Å². The quantitative estimate of drug-likeness (QED) is 0.477. The summed E-state index contributed by atoms with van der Waals surface area (Å²) in [5.74, 6) is -0.0247. The molecule has 16 heavy (non-hydrogen) atoms. The van der Waals surface area contributed by atoms with Crippen LogP contribution in [0.5, 0.6) is 0 Å². The van der Waals surface area contributed by atoms with E-state index in [0.29, 0.717) is 15.8 Å². The first-order chi connectivity index (χ1) is 7.72. The van der Waals surface area contributed by atoms with Gasteiger partial charge in [-0.2, -0.15) is 0 Å². The lowest BCUT2D eigenvalue weighted by molar-refractivity contribution is -0.121. The minimum Gasteiger partial charge on any atom is -0.289 e. The molecule has 1 aliphatic heterocycles. The second kappa shape index (κ2) is 4.95. The number of carbonyl (C=O) groups is 1. The van der Waals surface area contributed by atoms with Gasteiger partial charge in [-0.05, 0) is 17.5 Å². The first-order valence-electron chi connectivity index (χ1n) is 4.62. The van der Waals surface area contributed by atoms with E-state index in [-0.39, 0.29) is 5.91 Å². The molecule has 1 aromatic rings. The van der Waals surface area contributed by atoms with Crippen molar-refractivity contribution in [1.29, 1.82) is 0 Å². The molecule has 1 aliphatic rings. The SMILES string of the molecule is C=CCN1C(=O)/C(=C/c2cccs2)SC1=S. The maximum atomic E-state index is 11.9. The summed E-state index contributed by atoms with van der Waals surface area (Å²) in [5, 5.41) is 1.98. The lowest BCUT2D eigenvalue weighted by atomic mass is 10.3. The Morgan fingerprint density at radius 1 is 1.56 bits per heavy atom.